The summed E-state index contributed by atoms with van der Waals surface area (Å²) in [7, 11) is 0. The van der Waals surface area contributed by atoms with Gasteiger partial charge in [0.1, 0.15) is 0 Å². The molecule has 2 N–H and O–H groups in total. The quantitative estimate of drug-likeness (QED) is 0.743. The van der Waals surface area contributed by atoms with Gasteiger partial charge in [-0.3, -0.25) is 0 Å². The Kier molecular flexibility index (Phi) is 5.79. The molecule has 2 heteroatoms. The Morgan fingerprint density at radius 3 is 2.41 bits per heavy atom. The van der Waals surface area contributed by atoms with Gasteiger partial charge in [0, 0.05) is 12.6 Å². The van der Waals surface area contributed by atoms with Crippen LogP contribution >= 0.6 is 0 Å². The molecule has 0 aromatic carbocycles. The summed E-state index contributed by atoms with van der Waals surface area (Å²) in [6.45, 7) is 0.985. The molecule has 1 heterocycles. The second-order valence-corrected chi connectivity index (χ2v) is 5.98. The minimum absolute atomic E-state index is 0.453. The van der Waals surface area contributed by atoms with E-state index in [-0.39, 0.29) is 0 Å². The van der Waals surface area contributed by atoms with Crippen LogP contribution in [0.15, 0.2) is 0 Å². The van der Waals surface area contributed by atoms with E-state index in [1.807, 2.05) is 0 Å². The summed E-state index contributed by atoms with van der Waals surface area (Å²) < 4.78 is 5.66. The van der Waals surface area contributed by atoms with E-state index in [0.29, 0.717) is 12.1 Å². The highest BCUT2D eigenvalue weighted by Gasteiger charge is 2.20. The van der Waals surface area contributed by atoms with Crippen LogP contribution in [0, 0.1) is 5.92 Å². The lowest BCUT2D eigenvalue weighted by Crippen LogP contribution is -2.30. The SMILES string of the molecule is NC(CCCC1CCCO1)C1CCCCCC1. The molecule has 17 heavy (non-hydrogen) atoms. The maximum atomic E-state index is 6.36. The number of nitrogens with two attached hydrogens (primary N) is 1. The molecule has 1 saturated carbocycles. The molecule has 0 radical (unpaired) electrons. The molecule has 2 rings (SSSR count). The van der Waals surface area contributed by atoms with E-state index in [0.717, 1.165) is 12.5 Å². The fraction of sp³-hybridized carbons (Fsp3) is 1.00. The van der Waals surface area contributed by atoms with Crippen LogP contribution < -0.4 is 5.73 Å². The van der Waals surface area contributed by atoms with Gasteiger partial charge in [0.25, 0.3) is 0 Å². The largest absolute Gasteiger partial charge is 0.378 e. The first kappa shape index (κ1) is 13.4. The Bertz CT molecular complexity index is 193. The van der Waals surface area contributed by atoms with Gasteiger partial charge in [0.05, 0.1) is 6.10 Å². The fourth-order valence-corrected chi connectivity index (χ4v) is 3.43. The van der Waals surface area contributed by atoms with Crippen molar-refractivity contribution in [3.63, 3.8) is 0 Å². The van der Waals surface area contributed by atoms with E-state index in [4.69, 9.17) is 10.5 Å². The molecule has 1 aliphatic carbocycles. The normalized spacial score (nSPS) is 29.1. The average Bonchev–Trinajstić information content (AvgIpc) is 2.69. The van der Waals surface area contributed by atoms with Gasteiger partial charge >= 0.3 is 0 Å². The molecule has 0 aromatic rings. The molecule has 2 nitrogen and oxygen atoms in total. The summed E-state index contributed by atoms with van der Waals surface area (Å²) >= 11 is 0. The Morgan fingerprint density at radius 2 is 1.76 bits per heavy atom. The van der Waals surface area contributed by atoms with Crippen LogP contribution in [0.25, 0.3) is 0 Å². The molecule has 100 valence electrons. The first-order valence-electron chi connectivity index (χ1n) is 7.73. The summed E-state index contributed by atoms with van der Waals surface area (Å²) in [5, 5.41) is 0. The third-order valence-corrected chi connectivity index (χ3v) is 4.59. The Balaban J connectivity index is 1.60. The highest BCUT2D eigenvalue weighted by Crippen LogP contribution is 2.27. The van der Waals surface area contributed by atoms with Gasteiger partial charge in [-0.05, 0) is 50.9 Å². The van der Waals surface area contributed by atoms with Gasteiger partial charge < -0.3 is 10.5 Å². The zero-order chi connectivity index (χ0) is 11.9. The van der Waals surface area contributed by atoms with Gasteiger partial charge in [0.2, 0.25) is 0 Å². The van der Waals surface area contributed by atoms with Crippen molar-refractivity contribution in [2.75, 3.05) is 6.61 Å². The predicted octanol–water partition coefficient (Wildman–Crippen LogP) is 3.63. The summed E-state index contributed by atoms with van der Waals surface area (Å²) in [4.78, 5) is 0. The van der Waals surface area contributed by atoms with Crippen LogP contribution in [0.3, 0.4) is 0 Å². The molecule has 2 fully saturated rings. The fourth-order valence-electron chi connectivity index (χ4n) is 3.43. The summed E-state index contributed by atoms with van der Waals surface area (Å²) in [6, 6.07) is 0.453. The predicted molar refractivity (Wildman–Crippen MR) is 72.0 cm³/mol. The molecule has 0 bridgehead atoms. The molecule has 0 spiro atoms. The highest BCUT2D eigenvalue weighted by molar-refractivity contribution is 4.76. The smallest absolute Gasteiger partial charge is 0.0576 e. The summed E-state index contributed by atoms with van der Waals surface area (Å²) in [5.41, 5.74) is 6.36. The Labute approximate surface area is 106 Å². The van der Waals surface area contributed by atoms with Crippen molar-refractivity contribution in [3.8, 4) is 0 Å². The molecule has 1 aliphatic heterocycles. The number of hydrogen-bond acceptors (Lipinski definition) is 2. The molecular weight excluding hydrogens is 210 g/mol. The highest BCUT2D eigenvalue weighted by atomic mass is 16.5. The van der Waals surface area contributed by atoms with Crippen molar-refractivity contribution in [2.45, 2.75) is 82.8 Å². The van der Waals surface area contributed by atoms with E-state index < -0.39 is 0 Å². The van der Waals surface area contributed by atoms with Crippen molar-refractivity contribution < 1.29 is 4.74 Å². The van der Waals surface area contributed by atoms with E-state index >= 15 is 0 Å². The maximum Gasteiger partial charge on any atom is 0.0576 e. The second kappa shape index (κ2) is 7.38. The van der Waals surface area contributed by atoms with E-state index in [1.54, 1.807) is 0 Å². The zero-order valence-corrected chi connectivity index (χ0v) is 11.2. The monoisotopic (exact) mass is 239 g/mol. The van der Waals surface area contributed by atoms with E-state index in [9.17, 15) is 0 Å². The Hall–Kier alpha value is -0.0800. The number of ether oxygens (including phenoxy) is 1. The minimum Gasteiger partial charge on any atom is -0.378 e. The summed E-state index contributed by atoms with van der Waals surface area (Å²) in [6.07, 6.45) is 15.2. The van der Waals surface area contributed by atoms with Crippen LogP contribution in [-0.4, -0.2) is 18.8 Å². The lowest BCUT2D eigenvalue weighted by atomic mass is 9.89. The van der Waals surface area contributed by atoms with Gasteiger partial charge in [-0.1, -0.05) is 25.7 Å². The molecule has 2 atom stereocenters. The minimum atomic E-state index is 0.453. The Morgan fingerprint density at radius 1 is 1.00 bits per heavy atom. The zero-order valence-electron chi connectivity index (χ0n) is 11.2. The van der Waals surface area contributed by atoms with Gasteiger partial charge in [-0.2, -0.15) is 0 Å². The van der Waals surface area contributed by atoms with E-state index in [2.05, 4.69) is 0 Å². The standard InChI is InChI=1S/C15H29NO/c16-15(13-7-3-1-2-4-8-13)11-5-9-14-10-6-12-17-14/h13-15H,1-12,16H2. The lowest BCUT2D eigenvalue weighted by molar-refractivity contribution is 0.101. The van der Waals surface area contributed by atoms with Crippen molar-refractivity contribution in [1.29, 1.82) is 0 Å². The van der Waals surface area contributed by atoms with E-state index in [1.165, 1.54) is 70.6 Å². The van der Waals surface area contributed by atoms with Crippen LogP contribution in [0.5, 0.6) is 0 Å². The summed E-state index contributed by atoms with van der Waals surface area (Å²) in [5.74, 6) is 0.807. The van der Waals surface area contributed by atoms with Crippen LogP contribution in [0.1, 0.15) is 70.6 Å². The van der Waals surface area contributed by atoms with Crippen molar-refractivity contribution in [2.24, 2.45) is 11.7 Å². The molecular formula is C15H29NO. The molecule has 0 amide bonds. The third-order valence-electron chi connectivity index (χ3n) is 4.59. The number of rotatable bonds is 5. The first-order chi connectivity index (χ1) is 8.36. The molecule has 2 aliphatic rings. The topological polar surface area (TPSA) is 35.2 Å². The van der Waals surface area contributed by atoms with Crippen molar-refractivity contribution in [3.05, 3.63) is 0 Å². The molecule has 1 saturated heterocycles. The van der Waals surface area contributed by atoms with Gasteiger partial charge in [-0.15, -0.1) is 0 Å². The lowest BCUT2D eigenvalue weighted by Gasteiger charge is -2.22. The molecule has 2 unspecified atom stereocenters. The van der Waals surface area contributed by atoms with Crippen molar-refractivity contribution in [1.82, 2.24) is 0 Å². The van der Waals surface area contributed by atoms with Gasteiger partial charge in [-0.25, -0.2) is 0 Å². The molecule has 0 aromatic heterocycles. The first-order valence-corrected chi connectivity index (χ1v) is 7.73. The number of hydrogen-bond donors (Lipinski definition) is 1. The van der Waals surface area contributed by atoms with Crippen LogP contribution in [0.4, 0.5) is 0 Å². The van der Waals surface area contributed by atoms with Gasteiger partial charge in [0.15, 0.2) is 0 Å². The average molecular weight is 239 g/mol. The van der Waals surface area contributed by atoms with Crippen molar-refractivity contribution >= 4 is 0 Å². The van der Waals surface area contributed by atoms with Crippen LogP contribution in [0.2, 0.25) is 0 Å². The van der Waals surface area contributed by atoms with Crippen LogP contribution in [-0.2, 0) is 4.74 Å². The second-order valence-electron chi connectivity index (χ2n) is 5.98. The maximum absolute atomic E-state index is 6.36. The third kappa shape index (κ3) is 4.59.